The molecule has 0 radical (unpaired) electrons. The van der Waals surface area contributed by atoms with Gasteiger partial charge in [0.1, 0.15) is 6.61 Å². The van der Waals surface area contributed by atoms with Gasteiger partial charge in [-0.15, -0.1) is 0 Å². The Labute approximate surface area is 85.9 Å². The Hall–Kier alpha value is -1.75. The molecule has 15 heavy (non-hydrogen) atoms. The van der Waals surface area contributed by atoms with Gasteiger partial charge in [0.05, 0.1) is 6.61 Å². The molecule has 2 N–H and O–H groups in total. The first kappa shape index (κ1) is 9.79. The zero-order valence-electron chi connectivity index (χ0n) is 7.84. The average molecular weight is 210 g/mol. The molecule has 0 aliphatic carbocycles. The summed E-state index contributed by atoms with van der Waals surface area (Å²) in [6, 6.07) is 6.74. The van der Waals surface area contributed by atoms with Crippen LogP contribution in [-0.2, 0) is 4.79 Å². The van der Waals surface area contributed by atoms with Crippen LogP contribution in [0.25, 0.3) is 0 Å². The normalized spacial score (nSPS) is 23.5. The SMILES string of the molecule is O=C(O)C1(CO)COc2ccccc2O1. The number of aliphatic carboxylic acids is 1. The number of ether oxygens (including phenoxy) is 2. The van der Waals surface area contributed by atoms with E-state index in [1.807, 2.05) is 0 Å². The minimum Gasteiger partial charge on any atom is -0.485 e. The summed E-state index contributed by atoms with van der Waals surface area (Å²) in [6.07, 6.45) is 0. The zero-order valence-corrected chi connectivity index (χ0v) is 7.84. The molecular formula is C10H10O5. The standard InChI is InChI=1S/C10H10O5/c11-5-10(9(12)13)6-14-7-3-1-2-4-8(7)15-10/h1-4,11H,5-6H2,(H,12,13). The number of hydrogen-bond acceptors (Lipinski definition) is 4. The van der Waals surface area contributed by atoms with E-state index in [0.29, 0.717) is 11.5 Å². The molecule has 1 atom stereocenters. The lowest BCUT2D eigenvalue weighted by atomic mass is 10.1. The first-order valence-corrected chi connectivity index (χ1v) is 4.43. The number of rotatable bonds is 2. The molecule has 5 nitrogen and oxygen atoms in total. The molecule has 0 aromatic heterocycles. The van der Waals surface area contributed by atoms with E-state index in [4.69, 9.17) is 19.7 Å². The number of carboxylic acids is 1. The van der Waals surface area contributed by atoms with Crippen molar-refractivity contribution in [3.05, 3.63) is 24.3 Å². The van der Waals surface area contributed by atoms with Gasteiger partial charge >= 0.3 is 5.97 Å². The fourth-order valence-corrected chi connectivity index (χ4v) is 1.34. The molecule has 2 rings (SSSR count). The molecule has 1 unspecified atom stereocenters. The molecule has 80 valence electrons. The predicted octanol–water partition coefficient (Wildman–Crippen LogP) is 0.273. The van der Waals surface area contributed by atoms with Crippen molar-refractivity contribution >= 4 is 5.97 Å². The highest BCUT2D eigenvalue weighted by Gasteiger charge is 2.45. The Morgan fingerprint density at radius 1 is 1.40 bits per heavy atom. The number of hydrogen-bond donors (Lipinski definition) is 2. The first-order valence-electron chi connectivity index (χ1n) is 4.43. The topological polar surface area (TPSA) is 76.0 Å². The molecule has 5 heteroatoms. The lowest BCUT2D eigenvalue weighted by Crippen LogP contribution is -2.54. The van der Waals surface area contributed by atoms with Gasteiger partial charge in [-0.05, 0) is 12.1 Å². The molecule has 1 aromatic carbocycles. The van der Waals surface area contributed by atoms with Crippen molar-refractivity contribution in [2.45, 2.75) is 5.60 Å². The minimum absolute atomic E-state index is 0.199. The van der Waals surface area contributed by atoms with Crippen molar-refractivity contribution in [3.8, 4) is 11.5 Å². The molecule has 0 amide bonds. The van der Waals surface area contributed by atoms with Crippen LogP contribution in [0.2, 0.25) is 0 Å². The zero-order chi connectivity index (χ0) is 10.9. The molecule has 1 aliphatic heterocycles. The fourth-order valence-electron chi connectivity index (χ4n) is 1.34. The molecule has 1 aromatic rings. The van der Waals surface area contributed by atoms with E-state index in [1.54, 1.807) is 24.3 Å². The third kappa shape index (κ3) is 1.50. The summed E-state index contributed by atoms with van der Waals surface area (Å²) in [6.45, 7) is -0.827. The van der Waals surface area contributed by atoms with Crippen LogP contribution in [0.15, 0.2) is 24.3 Å². The lowest BCUT2D eigenvalue weighted by molar-refractivity contribution is -0.165. The van der Waals surface area contributed by atoms with Crippen LogP contribution in [0.3, 0.4) is 0 Å². The Balaban J connectivity index is 2.35. The highest BCUT2D eigenvalue weighted by atomic mass is 16.6. The molecule has 1 heterocycles. The average Bonchev–Trinajstić information content (AvgIpc) is 2.28. The Morgan fingerprint density at radius 2 is 2.07 bits per heavy atom. The van der Waals surface area contributed by atoms with Crippen molar-refractivity contribution in [3.63, 3.8) is 0 Å². The number of benzene rings is 1. The van der Waals surface area contributed by atoms with E-state index in [-0.39, 0.29) is 6.61 Å². The molecule has 0 saturated carbocycles. The highest BCUT2D eigenvalue weighted by molar-refractivity contribution is 5.79. The molecule has 1 aliphatic rings. The summed E-state index contributed by atoms with van der Waals surface area (Å²) >= 11 is 0. The maximum absolute atomic E-state index is 11.0. The predicted molar refractivity (Wildman–Crippen MR) is 50.0 cm³/mol. The molecule has 0 fully saturated rings. The quantitative estimate of drug-likeness (QED) is 0.732. The number of fused-ring (bicyclic) bond motifs is 1. The van der Waals surface area contributed by atoms with Crippen molar-refractivity contribution in [2.24, 2.45) is 0 Å². The molecule has 0 spiro atoms. The fraction of sp³-hybridized carbons (Fsp3) is 0.300. The molecular weight excluding hydrogens is 200 g/mol. The van der Waals surface area contributed by atoms with Gasteiger partial charge in [-0.3, -0.25) is 0 Å². The maximum atomic E-state index is 11.0. The van der Waals surface area contributed by atoms with Crippen LogP contribution in [0.5, 0.6) is 11.5 Å². The van der Waals surface area contributed by atoms with E-state index in [2.05, 4.69) is 0 Å². The minimum atomic E-state index is -1.69. The van der Waals surface area contributed by atoms with Gasteiger partial charge in [0.15, 0.2) is 11.5 Å². The van der Waals surface area contributed by atoms with E-state index in [9.17, 15) is 4.79 Å². The van der Waals surface area contributed by atoms with Gasteiger partial charge < -0.3 is 19.7 Å². The van der Waals surface area contributed by atoms with E-state index < -0.39 is 18.2 Å². The third-order valence-corrected chi connectivity index (χ3v) is 2.26. The molecule has 0 bridgehead atoms. The Morgan fingerprint density at radius 3 is 2.67 bits per heavy atom. The van der Waals surface area contributed by atoms with E-state index in [1.165, 1.54) is 0 Å². The summed E-state index contributed by atoms with van der Waals surface area (Å²) in [7, 11) is 0. The summed E-state index contributed by atoms with van der Waals surface area (Å²) < 4.78 is 10.5. The largest absolute Gasteiger partial charge is 0.485 e. The first-order chi connectivity index (χ1) is 7.18. The van der Waals surface area contributed by atoms with Gasteiger partial charge in [-0.1, -0.05) is 12.1 Å². The van der Waals surface area contributed by atoms with E-state index in [0.717, 1.165) is 0 Å². The van der Waals surface area contributed by atoms with Crippen LogP contribution in [0, 0.1) is 0 Å². The maximum Gasteiger partial charge on any atom is 0.354 e. The molecule has 0 saturated heterocycles. The smallest absolute Gasteiger partial charge is 0.354 e. The van der Waals surface area contributed by atoms with Crippen molar-refractivity contribution < 1.29 is 24.5 Å². The number of aliphatic hydroxyl groups excluding tert-OH is 1. The second-order valence-electron chi connectivity index (χ2n) is 3.30. The number of para-hydroxylation sites is 2. The number of carboxylic acid groups (broad SMARTS) is 1. The summed E-state index contributed by atoms with van der Waals surface area (Å²) in [4.78, 5) is 11.0. The van der Waals surface area contributed by atoms with E-state index >= 15 is 0 Å². The number of aliphatic hydroxyl groups is 1. The second kappa shape index (κ2) is 3.43. The summed E-state index contributed by atoms with van der Waals surface area (Å²) in [5.41, 5.74) is -1.69. The summed E-state index contributed by atoms with van der Waals surface area (Å²) in [5.74, 6) is -0.414. The van der Waals surface area contributed by atoms with Gasteiger partial charge in [0, 0.05) is 0 Å². The van der Waals surface area contributed by atoms with Crippen molar-refractivity contribution in [1.82, 2.24) is 0 Å². The van der Waals surface area contributed by atoms with Crippen LogP contribution in [0.4, 0.5) is 0 Å². The van der Waals surface area contributed by atoms with Crippen molar-refractivity contribution in [1.29, 1.82) is 0 Å². The van der Waals surface area contributed by atoms with Crippen molar-refractivity contribution in [2.75, 3.05) is 13.2 Å². The second-order valence-corrected chi connectivity index (χ2v) is 3.30. The monoisotopic (exact) mass is 210 g/mol. The Bertz CT molecular complexity index is 389. The summed E-state index contributed by atoms with van der Waals surface area (Å²) in [5, 5.41) is 18.0. The Kier molecular flexibility index (Phi) is 2.24. The van der Waals surface area contributed by atoms with Gasteiger partial charge in [0.2, 0.25) is 0 Å². The van der Waals surface area contributed by atoms with Crippen LogP contribution in [-0.4, -0.2) is 35.0 Å². The third-order valence-electron chi connectivity index (χ3n) is 2.26. The van der Waals surface area contributed by atoms with Crippen LogP contribution in [0.1, 0.15) is 0 Å². The lowest BCUT2D eigenvalue weighted by Gasteiger charge is -2.33. The van der Waals surface area contributed by atoms with Gasteiger partial charge in [-0.2, -0.15) is 0 Å². The van der Waals surface area contributed by atoms with Gasteiger partial charge in [-0.25, -0.2) is 4.79 Å². The number of carbonyl (C=O) groups is 1. The highest BCUT2D eigenvalue weighted by Crippen LogP contribution is 2.34. The van der Waals surface area contributed by atoms with Crippen LogP contribution >= 0.6 is 0 Å². The van der Waals surface area contributed by atoms with Gasteiger partial charge in [0.25, 0.3) is 5.60 Å². The van der Waals surface area contributed by atoms with Crippen LogP contribution < -0.4 is 9.47 Å².